The fraction of sp³-hybridized carbons (Fsp3) is 0.263. The Bertz CT molecular complexity index is 910. The van der Waals surface area contributed by atoms with Crippen LogP contribution in [0.5, 0.6) is 0 Å². The number of nitrogens with one attached hydrogen (secondary N) is 1. The number of halogens is 1. The van der Waals surface area contributed by atoms with E-state index in [-0.39, 0.29) is 11.3 Å². The molecule has 0 unspecified atom stereocenters. The molecule has 1 fully saturated rings. The number of rotatable bonds is 4. The van der Waals surface area contributed by atoms with E-state index in [4.69, 9.17) is 0 Å². The Kier molecular flexibility index (Phi) is 3.68. The molecule has 4 rings (SSSR count). The van der Waals surface area contributed by atoms with Gasteiger partial charge in [-0.15, -0.1) is 0 Å². The number of nitrogens with zero attached hydrogens (tertiary/aromatic N) is 2. The molecule has 24 heavy (non-hydrogen) atoms. The first-order valence-corrected chi connectivity index (χ1v) is 8.84. The third-order valence-corrected chi connectivity index (χ3v) is 5.40. The van der Waals surface area contributed by atoms with Crippen molar-refractivity contribution in [2.75, 3.05) is 0 Å². The summed E-state index contributed by atoms with van der Waals surface area (Å²) in [6.45, 7) is 0.447. The summed E-state index contributed by atoms with van der Waals surface area (Å²) in [4.78, 5) is 17.4. The molecule has 0 spiro atoms. The molecule has 5 heteroatoms. The van der Waals surface area contributed by atoms with Crippen molar-refractivity contribution in [3.8, 4) is 0 Å². The molecule has 0 aliphatic heterocycles. The maximum Gasteiger partial charge on any atom is 0.231 e. The van der Waals surface area contributed by atoms with Crippen LogP contribution >= 0.6 is 15.9 Å². The average molecular weight is 384 g/mol. The van der Waals surface area contributed by atoms with Gasteiger partial charge >= 0.3 is 0 Å². The number of aromatic nitrogens is 2. The minimum atomic E-state index is -0.356. The molecule has 1 N–H and O–H groups in total. The molecular weight excluding hydrogens is 366 g/mol. The molecule has 1 amide bonds. The Hall–Kier alpha value is -2.14. The van der Waals surface area contributed by atoms with E-state index in [0.717, 1.165) is 39.7 Å². The number of hydrogen-bond acceptors (Lipinski definition) is 2. The normalized spacial score (nSPS) is 15.4. The Morgan fingerprint density at radius 3 is 2.58 bits per heavy atom. The quantitative estimate of drug-likeness (QED) is 0.746. The van der Waals surface area contributed by atoms with Crippen molar-refractivity contribution >= 4 is 32.9 Å². The van der Waals surface area contributed by atoms with Crippen LogP contribution in [0.25, 0.3) is 11.0 Å². The standard InChI is InChI=1S/C19H18BrN3O/c1-23-16-5-3-2-4-15(16)22-17(23)12-21-18(24)19(10-11-19)13-6-8-14(20)9-7-13/h2-9H,10-12H2,1H3,(H,21,24). The predicted molar refractivity (Wildman–Crippen MR) is 97.6 cm³/mol. The summed E-state index contributed by atoms with van der Waals surface area (Å²) in [5.41, 5.74) is 2.77. The molecule has 1 aliphatic rings. The van der Waals surface area contributed by atoms with E-state index in [9.17, 15) is 4.79 Å². The van der Waals surface area contributed by atoms with Crippen molar-refractivity contribution in [2.45, 2.75) is 24.8 Å². The lowest BCUT2D eigenvalue weighted by Crippen LogP contribution is -2.34. The van der Waals surface area contributed by atoms with Crippen LogP contribution in [-0.2, 0) is 23.8 Å². The van der Waals surface area contributed by atoms with Crippen molar-refractivity contribution < 1.29 is 4.79 Å². The van der Waals surface area contributed by atoms with Crippen molar-refractivity contribution in [3.05, 3.63) is 64.4 Å². The summed E-state index contributed by atoms with van der Waals surface area (Å²) in [7, 11) is 1.98. The van der Waals surface area contributed by atoms with Gasteiger partial charge < -0.3 is 9.88 Å². The van der Waals surface area contributed by atoms with Crippen LogP contribution in [0, 0.1) is 0 Å². The van der Waals surface area contributed by atoms with Gasteiger partial charge in [0.1, 0.15) is 5.82 Å². The second-order valence-corrected chi connectivity index (χ2v) is 7.26. The van der Waals surface area contributed by atoms with Gasteiger partial charge in [0.25, 0.3) is 0 Å². The number of hydrogen-bond donors (Lipinski definition) is 1. The lowest BCUT2D eigenvalue weighted by Gasteiger charge is -2.16. The molecule has 0 radical (unpaired) electrons. The minimum Gasteiger partial charge on any atom is -0.348 e. The van der Waals surface area contributed by atoms with E-state index in [1.807, 2.05) is 60.1 Å². The minimum absolute atomic E-state index is 0.0943. The number of para-hydroxylation sites is 2. The third kappa shape index (κ3) is 2.53. The molecule has 122 valence electrons. The maximum atomic E-state index is 12.8. The van der Waals surface area contributed by atoms with Crippen molar-refractivity contribution in [1.29, 1.82) is 0 Å². The van der Waals surface area contributed by atoms with E-state index in [1.165, 1.54) is 0 Å². The molecule has 0 bridgehead atoms. The fourth-order valence-corrected chi connectivity index (χ4v) is 3.49. The second-order valence-electron chi connectivity index (χ2n) is 6.35. The van der Waals surface area contributed by atoms with Crippen LogP contribution in [0.3, 0.4) is 0 Å². The van der Waals surface area contributed by atoms with Gasteiger partial charge in [-0.05, 0) is 42.7 Å². The summed E-state index contributed by atoms with van der Waals surface area (Å²) in [6.07, 6.45) is 1.81. The zero-order valence-electron chi connectivity index (χ0n) is 13.4. The Labute approximate surface area is 149 Å². The van der Waals surface area contributed by atoms with Crippen LogP contribution in [0.4, 0.5) is 0 Å². The van der Waals surface area contributed by atoms with Crippen LogP contribution in [0.1, 0.15) is 24.2 Å². The number of fused-ring (bicyclic) bond motifs is 1. The van der Waals surface area contributed by atoms with Crippen LogP contribution in [0.15, 0.2) is 53.0 Å². The Morgan fingerprint density at radius 2 is 1.92 bits per heavy atom. The fourth-order valence-electron chi connectivity index (χ4n) is 3.22. The molecular formula is C19H18BrN3O. The highest BCUT2D eigenvalue weighted by Crippen LogP contribution is 2.48. The molecule has 0 atom stereocenters. The molecule has 4 nitrogen and oxygen atoms in total. The van der Waals surface area contributed by atoms with Crippen LogP contribution in [-0.4, -0.2) is 15.5 Å². The van der Waals surface area contributed by atoms with E-state index in [1.54, 1.807) is 0 Å². The van der Waals surface area contributed by atoms with Gasteiger partial charge in [0.2, 0.25) is 5.91 Å². The molecule has 2 aromatic carbocycles. The smallest absolute Gasteiger partial charge is 0.231 e. The van der Waals surface area contributed by atoms with Crippen LogP contribution < -0.4 is 5.32 Å². The number of carbonyl (C=O) groups excluding carboxylic acids is 1. The van der Waals surface area contributed by atoms with E-state index >= 15 is 0 Å². The second kappa shape index (κ2) is 5.74. The lowest BCUT2D eigenvalue weighted by atomic mass is 9.95. The number of imidazole rings is 1. The summed E-state index contributed by atoms with van der Waals surface area (Å²) in [5, 5.41) is 3.08. The van der Waals surface area contributed by atoms with Gasteiger partial charge in [-0.1, -0.05) is 40.2 Å². The van der Waals surface area contributed by atoms with Gasteiger partial charge in [0.05, 0.1) is 23.0 Å². The molecule has 3 aromatic rings. The number of aryl methyl sites for hydroxylation is 1. The van der Waals surface area contributed by atoms with Gasteiger partial charge in [-0.3, -0.25) is 4.79 Å². The first-order chi connectivity index (χ1) is 11.6. The molecule has 0 saturated heterocycles. The zero-order valence-corrected chi connectivity index (χ0v) is 15.0. The largest absolute Gasteiger partial charge is 0.348 e. The number of benzene rings is 2. The maximum absolute atomic E-state index is 12.8. The monoisotopic (exact) mass is 383 g/mol. The predicted octanol–water partition coefficient (Wildman–Crippen LogP) is 3.68. The Balaban J connectivity index is 1.52. The molecule has 1 aliphatic carbocycles. The molecule has 1 saturated carbocycles. The molecule has 1 aromatic heterocycles. The first kappa shape index (κ1) is 15.4. The van der Waals surface area contributed by atoms with Gasteiger partial charge in [-0.2, -0.15) is 0 Å². The summed E-state index contributed by atoms with van der Waals surface area (Å²) in [5.74, 6) is 0.966. The SMILES string of the molecule is Cn1c(CNC(=O)C2(c3ccc(Br)cc3)CC2)nc2ccccc21. The van der Waals surface area contributed by atoms with E-state index in [2.05, 4.69) is 26.2 Å². The number of carbonyl (C=O) groups is 1. The van der Waals surface area contributed by atoms with Gasteiger partial charge in [0, 0.05) is 11.5 Å². The van der Waals surface area contributed by atoms with Crippen molar-refractivity contribution in [2.24, 2.45) is 7.05 Å². The lowest BCUT2D eigenvalue weighted by molar-refractivity contribution is -0.123. The summed E-state index contributed by atoms with van der Waals surface area (Å²) < 4.78 is 3.07. The Morgan fingerprint density at radius 1 is 1.21 bits per heavy atom. The zero-order chi connectivity index (χ0) is 16.7. The first-order valence-electron chi connectivity index (χ1n) is 8.05. The van der Waals surface area contributed by atoms with E-state index < -0.39 is 0 Å². The van der Waals surface area contributed by atoms with Gasteiger partial charge in [0.15, 0.2) is 0 Å². The molecule has 1 heterocycles. The van der Waals surface area contributed by atoms with Gasteiger partial charge in [-0.25, -0.2) is 4.98 Å². The number of amides is 1. The highest BCUT2D eigenvalue weighted by molar-refractivity contribution is 9.10. The highest BCUT2D eigenvalue weighted by Gasteiger charge is 2.51. The van der Waals surface area contributed by atoms with Crippen molar-refractivity contribution in [1.82, 2.24) is 14.9 Å². The summed E-state index contributed by atoms with van der Waals surface area (Å²) >= 11 is 3.44. The van der Waals surface area contributed by atoms with Crippen molar-refractivity contribution in [3.63, 3.8) is 0 Å². The highest BCUT2D eigenvalue weighted by atomic mass is 79.9. The average Bonchev–Trinajstić information content (AvgIpc) is 3.34. The van der Waals surface area contributed by atoms with E-state index in [0.29, 0.717) is 6.54 Å². The summed E-state index contributed by atoms with van der Waals surface area (Å²) in [6, 6.07) is 16.1. The third-order valence-electron chi connectivity index (χ3n) is 4.87. The topological polar surface area (TPSA) is 46.9 Å². The van der Waals surface area contributed by atoms with Crippen LogP contribution in [0.2, 0.25) is 0 Å².